The topological polar surface area (TPSA) is 32.3 Å². The molecule has 1 aliphatic carbocycles. The number of carbonyl (C=O) groups excluding carboxylic acids is 1. The Morgan fingerprint density at radius 2 is 1.93 bits per heavy atom. The summed E-state index contributed by atoms with van der Waals surface area (Å²) in [5.74, 6) is -0.166. The number of hydrogen-bond donors (Lipinski definition) is 1. The van der Waals surface area contributed by atoms with Crippen LogP contribution in [-0.4, -0.2) is 43.2 Å². The van der Waals surface area contributed by atoms with Gasteiger partial charge in [0, 0.05) is 27.1 Å². The molecule has 0 spiro atoms. The van der Waals surface area contributed by atoms with Crippen molar-refractivity contribution < 1.29 is 18.0 Å². The van der Waals surface area contributed by atoms with Crippen LogP contribution in [0.4, 0.5) is 13.2 Å². The van der Waals surface area contributed by atoms with Gasteiger partial charge in [0.15, 0.2) is 0 Å². The lowest BCUT2D eigenvalue weighted by molar-refractivity contribution is -0.166. The SMILES string of the molecule is CN(C)C(=O)CCNC1(C(F)(F)F)CC1. The molecule has 1 N–H and O–H groups in total. The molecule has 0 saturated heterocycles. The van der Waals surface area contributed by atoms with Crippen molar-refractivity contribution in [2.45, 2.75) is 31.0 Å². The molecular weight excluding hydrogens is 209 g/mol. The molecule has 1 aliphatic rings. The van der Waals surface area contributed by atoms with E-state index in [4.69, 9.17) is 0 Å². The van der Waals surface area contributed by atoms with Crippen LogP contribution in [-0.2, 0) is 4.79 Å². The second-order valence-electron chi connectivity index (χ2n) is 4.04. The molecule has 0 aromatic rings. The van der Waals surface area contributed by atoms with E-state index in [-0.39, 0.29) is 31.7 Å². The van der Waals surface area contributed by atoms with Crippen LogP contribution in [0.1, 0.15) is 19.3 Å². The summed E-state index contributed by atoms with van der Waals surface area (Å²) in [6.45, 7) is 0.0799. The predicted octanol–water partition coefficient (Wildman–Crippen LogP) is 1.15. The maximum absolute atomic E-state index is 12.4. The highest BCUT2D eigenvalue weighted by molar-refractivity contribution is 5.75. The third-order valence-electron chi connectivity index (χ3n) is 2.59. The molecule has 0 unspecified atom stereocenters. The first-order chi connectivity index (χ1) is 6.78. The lowest BCUT2D eigenvalue weighted by Gasteiger charge is -2.21. The second kappa shape index (κ2) is 4.00. The van der Waals surface area contributed by atoms with Gasteiger partial charge in [-0.1, -0.05) is 0 Å². The summed E-state index contributed by atoms with van der Waals surface area (Å²) < 4.78 is 37.3. The minimum absolute atomic E-state index is 0.0799. The minimum Gasteiger partial charge on any atom is -0.349 e. The predicted molar refractivity (Wildman–Crippen MR) is 49.3 cm³/mol. The molecule has 1 rings (SSSR count). The smallest absolute Gasteiger partial charge is 0.349 e. The molecular formula is C9H15F3N2O. The van der Waals surface area contributed by atoms with Crippen molar-refractivity contribution in [3.05, 3.63) is 0 Å². The van der Waals surface area contributed by atoms with Crippen molar-refractivity contribution in [1.82, 2.24) is 10.2 Å². The van der Waals surface area contributed by atoms with E-state index in [2.05, 4.69) is 5.32 Å². The summed E-state index contributed by atoms with van der Waals surface area (Å²) in [5.41, 5.74) is -1.71. The van der Waals surface area contributed by atoms with Crippen molar-refractivity contribution in [3.63, 3.8) is 0 Å². The Morgan fingerprint density at radius 3 is 2.27 bits per heavy atom. The molecule has 0 atom stereocenters. The van der Waals surface area contributed by atoms with E-state index < -0.39 is 11.7 Å². The Labute approximate surface area is 86.6 Å². The van der Waals surface area contributed by atoms with Crippen molar-refractivity contribution in [2.75, 3.05) is 20.6 Å². The Kier molecular flexibility index (Phi) is 3.28. The lowest BCUT2D eigenvalue weighted by atomic mass is 10.2. The van der Waals surface area contributed by atoms with Crippen molar-refractivity contribution in [2.24, 2.45) is 0 Å². The molecule has 15 heavy (non-hydrogen) atoms. The number of halogens is 3. The zero-order valence-electron chi connectivity index (χ0n) is 8.82. The van der Waals surface area contributed by atoms with Gasteiger partial charge >= 0.3 is 6.18 Å². The average Bonchev–Trinajstić information content (AvgIpc) is 2.83. The summed E-state index contributed by atoms with van der Waals surface area (Å²) in [6, 6.07) is 0. The molecule has 0 aromatic carbocycles. The summed E-state index contributed by atoms with van der Waals surface area (Å²) in [4.78, 5) is 12.5. The number of nitrogens with zero attached hydrogens (tertiary/aromatic N) is 1. The fraction of sp³-hybridized carbons (Fsp3) is 0.889. The van der Waals surface area contributed by atoms with Gasteiger partial charge in [0.2, 0.25) is 5.91 Å². The minimum atomic E-state index is -4.20. The Morgan fingerprint density at radius 1 is 1.40 bits per heavy atom. The Bertz CT molecular complexity index is 246. The van der Waals surface area contributed by atoms with Gasteiger partial charge in [-0.3, -0.25) is 4.79 Å². The van der Waals surface area contributed by atoms with Gasteiger partial charge < -0.3 is 10.2 Å². The first-order valence-corrected chi connectivity index (χ1v) is 4.80. The number of alkyl halides is 3. The van der Waals surface area contributed by atoms with Crippen LogP contribution in [0.5, 0.6) is 0 Å². The quantitative estimate of drug-likeness (QED) is 0.777. The van der Waals surface area contributed by atoms with E-state index in [9.17, 15) is 18.0 Å². The number of carbonyl (C=O) groups is 1. The maximum Gasteiger partial charge on any atom is 0.406 e. The van der Waals surface area contributed by atoms with E-state index in [1.54, 1.807) is 14.1 Å². The monoisotopic (exact) mass is 224 g/mol. The van der Waals surface area contributed by atoms with Gasteiger partial charge in [-0.15, -0.1) is 0 Å². The number of rotatable bonds is 4. The van der Waals surface area contributed by atoms with Crippen LogP contribution in [0, 0.1) is 0 Å². The molecule has 0 bridgehead atoms. The third kappa shape index (κ3) is 2.84. The lowest BCUT2D eigenvalue weighted by Crippen LogP contribution is -2.46. The van der Waals surface area contributed by atoms with E-state index in [1.807, 2.05) is 0 Å². The average molecular weight is 224 g/mol. The van der Waals surface area contributed by atoms with Crippen LogP contribution in [0.25, 0.3) is 0 Å². The fourth-order valence-corrected chi connectivity index (χ4v) is 1.32. The van der Waals surface area contributed by atoms with Gasteiger partial charge in [-0.25, -0.2) is 0 Å². The van der Waals surface area contributed by atoms with E-state index >= 15 is 0 Å². The van der Waals surface area contributed by atoms with Crippen LogP contribution in [0.2, 0.25) is 0 Å². The summed E-state index contributed by atoms with van der Waals surface area (Å²) >= 11 is 0. The van der Waals surface area contributed by atoms with Crippen LogP contribution >= 0.6 is 0 Å². The molecule has 0 radical (unpaired) electrons. The number of amides is 1. The highest BCUT2D eigenvalue weighted by Gasteiger charge is 2.62. The molecule has 3 nitrogen and oxygen atoms in total. The standard InChI is InChI=1S/C9H15F3N2O/c1-14(2)7(15)3-6-13-8(4-5-8)9(10,11)12/h13H,3-6H2,1-2H3. The molecule has 6 heteroatoms. The molecule has 88 valence electrons. The summed E-state index contributed by atoms with van der Waals surface area (Å²) in [7, 11) is 3.16. The van der Waals surface area contributed by atoms with E-state index in [0.717, 1.165) is 0 Å². The zero-order valence-corrected chi connectivity index (χ0v) is 8.82. The highest BCUT2D eigenvalue weighted by atomic mass is 19.4. The highest BCUT2D eigenvalue weighted by Crippen LogP contribution is 2.48. The maximum atomic E-state index is 12.4. The van der Waals surface area contributed by atoms with Crippen molar-refractivity contribution >= 4 is 5.91 Å². The molecule has 0 aromatic heterocycles. The van der Waals surface area contributed by atoms with Crippen molar-refractivity contribution in [3.8, 4) is 0 Å². The first kappa shape index (κ1) is 12.3. The Hall–Kier alpha value is -0.780. The summed E-state index contributed by atoms with van der Waals surface area (Å²) in [5, 5.41) is 2.42. The summed E-state index contributed by atoms with van der Waals surface area (Å²) in [6.07, 6.45) is -3.86. The molecule has 0 heterocycles. The molecule has 0 aliphatic heterocycles. The third-order valence-corrected chi connectivity index (χ3v) is 2.59. The second-order valence-corrected chi connectivity index (χ2v) is 4.04. The fourth-order valence-electron chi connectivity index (χ4n) is 1.32. The zero-order chi connectivity index (χ0) is 11.7. The largest absolute Gasteiger partial charge is 0.406 e. The number of nitrogens with one attached hydrogen (secondary N) is 1. The Balaban J connectivity index is 2.30. The van der Waals surface area contributed by atoms with Crippen LogP contribution < -0.4 is 5.32 Å². The van der Waals surface area contributed by atoms with E-state index in [1.165, 1.54) is 4.90 Å². The number of hydrogen-bond acceptors (Lipinski definition) is 2. The molecule has 1 saturated carbocycles. The normalized spacial score (nSPS) is 18.7. The molecule has 1 amide bonds. The van der Waals surface area contributed by atoms with Crippen LogP contribution in [0.3, 0.4) is 0 Å². The van der Waals surface area contributed by atoms with Gasteiger partial charge in [0.25, 0.3) is 0 Å². The molecule has 1 fully saturated rings. The van der Waals surface area contributed by atoms with Gasteiger partial charge in [0.1, 0.15) is 5.54 Å². The first-order valence-electron chi connectivity index (χ1n) is 4.80. The van der Waals surface area contributed by atoms with Crippen LogP contribution in [0.15, 0.2) is 0 Å². The van der Waals surface area contributed by atoms with Gasteiger partial charge in [-0.05, 0) is 12.8 Å². The van der Waals surface area contributed by atoms with Gasteiger partial charge in [0.05, 0.1) is 0 Å². The van der Waals surface area contributed by atoms with Crippen molar-refractivity contribution in [1.29, 1.82) is 0 Å². The van der Waals surface area contributed by atoms with Gasteiger partial charge in [-0.2, -0.15) is 13.2 Å². The van der Waals surface area contributed by atoms with E-state index in [0.29, 0.717) is 0 Å².